The highest BCUT2D eigenvalue weighted by molar-refractivity contribution is 7.98. The van der Waals surface area contributed by atoms with Crippen molar-refractivity contribution in [1.29, 1.82) is 0 Å². The molecule has 0 heterocycles. The van der Waals surface area contributed by atoms with E-state index >= 15 is 0 Å². The molecule has 156 valence electrons. The average Bonchev–Trinajstić information content (AvgIpc) is 2.70. The second-order valence-electron chi connectivity index (χ2n) is 8.46. The van der Waals surface area contributed by atoms with Crippen LogP contribution in [0.4, 0.5) is 5.69 Å². The number of carbonyl (C=O) groups excluding carboxylic acids is 1. The summed E-state index contributed by atoms with van der Waals surface area (Å²) in [6.07, 6.45) is 8.63. The van der Waals surface area contributed by atoms with E-state index in [1.165, 1.54) is 11.3 Å². The number of hydrogen-bond donors (Lipinski definition) is 2. The van der Waals surface area contributed by atoms with Crippen LogP contribution in [-0.2, 0) is 4.79 Å². The predicted octanol–water partition coefficient (Wildman–Crippen LogP) is 3.31. The molecular weight excluding hydrogens is 370 g/mol. The number of anilines is 1. The molecule has 0 radical (unpaired) electrons. The van der Waals surface area contributed by atoms with Gasteiger partial charge in [0.2, 0.25) is 5.91 Å². The van der Waals surface area contributed by atoms with Crippen LogP contribution in [0.1, 0.15) is 44.9 Å². The van der Waals surface area contributed by atoms with Crippen molar-refractivity contribution in [2.24, 2.45) is 17.6 Å². The van der Waals surface area contributed by atoms with E-state index in [-0.39, 0.29) is 17.7 Å². The van der Waals surface area contributed by atoms with Gasteiger partial charge in [-0.2, -0.15) is 0 Å². The minimum Gasteiger partial charge on any atom is -0.373 e. The first-order valence-corrected chi connectivity index (χ1v) is 11.7. The fourth-order valence-corrected chi connectivity index (χ4v) is 4.89. The van der Waals surface area contributed by atoms with E-state index in [4.69, 9.17) is 5.73 Å². The normalized spacial score (nSPS) is 24.9. The van der Waals surface area contributed by atoms with Gasteiger partial charge in [-0.15, -0.1) is 11.8 Å². The first kappa shape index (κ1) is 21.5. The summed E-state index contributed by atoms with van der Waals surface area (Å²) in [4.78, 5) is 17.7. The number of carbonyl (C=O) groups is 1. The average molecular weight is 406 g/mol. The number of thioether (sulfide) groups is 1. The first-order chi connectivity index (χ1) is 13.4. The molecule has 28 heavy (non-hydrogen) atoms. The van der Waals surface area contributed by atoms with Crippen LogP contribution in [0, 0.1) is 11.8 Å². The van der Waals surface area contributed by atoms with Crippen LogP contribution >= 0.6 is 11.8 Å². The second kappa shape index (κ2) is 9.51. The van der Waals surface area contributed by atoms with Crippen molar-refractivity contribution < 1.29 is 9.90 Å². The van der Waals surface area contributed by atoms with Crippen LogP contribution in [0.5, 0.6) is 0 Å². The number of hydrogen-bond acceptors (Lipinski definition) is 5. The summed E-state index contributed by atoms with van der Waals surface area (Å²) in [5.41, 5.74) is 7.37. The van der Waals surface area contributed by atoms with Crippen LogP contribution in [0.25, 0.3) is 0 Å². The third-order valence-electron chi connectivity index (χ3n) is 6.88. The fraction of sp³-hybridized carbons (Fsp3) is 0.682. The van der Waals surface area contributed by atoms with E-state index in [9.17, 15) is 9.90 Å². The number of amides is 1. The number of aliphatic hydroxyl groups is 1. The standard InChI is InChI=1S/C22H35N3O2S/c1-24(18-11-13-19(28-3)14-12-18)21(26)16-9-7-15(8-10-16)20(23)22(27)25(2)17-5-4-6-17/h11-17,20-21,26H,4-10,23H2,1-3H3/t15?,16?,20-,21-/m0/s1. The highest BCUT2D eigenvalue weighted by Crippen LogP contribution is 2.35. The van der Waals surface area contributed by atoms with E-state index in [1.807, 2.05) is 23.9 Å². The molecule has 1 amide bonds. The van der Waals surface area contributed by atoms with E-state index in [0.717, 1.165) is 44.2 Å². The van der Waals surface area contributed by atoms with E-state index < -0.39 is 12.3 Å². The first-order valence-electron chi connectivity index (χ1n) is 10.5. The van der Waals surface area contributed by atoms with Crippen LogP contribution in [0.2, 0.25) is 0 Å². The second-order valence-corrected chi connectivity index (χ2v) is 9.34. The van der Waals surface area contributed by atoms with Crippen LogP contribution < -0.4 is 10.6 Å². The third kappa shape index (κ3) is 4.66. The smallest absolute Gasteiger partial charge is 0.239 e. The lowest BCUT2D eigenvalue weighted by atomic mass is 9.77. The van der Waals surface area contributed by atoms with Gasteiger partial charge in [0.15, 0.2) is 0 Å². The zero-order valence-corrected chi connectivity index (χ0v) is 18.2. The Kier molecular flexibility index (Phi) is 7.29. The Bertz CT molecular complexity index is 642. The Hall–Kier alpha value is -1.24. The molecule has 2 aliphatic rings. The maximum Gasteiger partial charge on any atom is 0.239 e. The Morgan fingerprint density at radius 2 is 1.64 bits per heavy atom. The maximum atomic E-state index is 12.7. The summed E-state index contributed by atoms with van der Waals surface area (Å²) in [7, 11) is 3.85. The quantitative estimate of drug-likeness (QED) is 0.538. The van der Waals surface area contributed by atoms with Crippen molar-refractivity contribution in [3.8, 4) is 0 Å². The Morgan fingerprint density at radius 1 is 1.07 bits per heavy atom. The number of aliphatic hydroxyl groups excluding tert-OH is 1. The van der Waals surface area contributed by atoms with E-state index in [1.54, 1.807) is 11.8 Å². The number of nitrogens with zero attached hydrogens (tertiary/aromatic N) is 2. The minimum atomic E-state index is -0.509. The molecule has 1 aromatic carbocycles. The summed E-state index contributed by atoms with van der Waals surface area (Å²) >= 11 is 1.72. The molecule has 0 aromatic heterocycles. The minimum absolute atomic E-state index is 0.0969. The molecule has 2 saturated carbocycles. The van der Waals surface area contributed by atoms with Crippen molar-refractivity contribution in [3.05, 3.63) is 24.3 Å². The molecule has 2 fully saturated rings. The molecule has 0 spiro atoms. The lowest BCUT2D eigenvalue weighted by Gasteiger charge is -2.40. The lowest BCUT2D eigenvalue weighted by Crippen LogP contribution is -2.52. The van der Waals surface area contributed by atoms with Gasteiger partial charge in [0, 0.05) is 36.6 Å². The highest BCUT2D eigenvalue weighted by atomic mass is 32.2. The number of benzene rings is 1. The zero-order chi connectivity index (χ0) is 20.3. The van der Waals surface area contributed by atoms with Crippen molar-refractivity contribution in [3.63, 3.8) is 0 Å². The molecule has 6 heteroatoms. The third-order valence-corrected chi connectivity index (χ3v) is 7.62. The summed E-state index contributed by atoms with van der Waals surface area (Å²) in [6.45, 7) is 0. The zero-order valence-electron chi connectivity index (χ0n) is 17.4. The summed E-state index contributed by atoms with van der Waals surface area (Å²) in [6, 6.07) is 8.28. The summed E-state index contributed by atoms with van der Waals surface area (Å²) < 4.78 is 0. The Labute approximate surface area is 173 Å². The SMILES string of the molecule is CSc1ccc(N(C)[C@@H](O)C2CCC([C@H](N)C(=O)N(C)C3CCC3)CC2)cc1. The van der Waals surface area contributed by atoms with Crippen molar-refractivity contribution >= 4 is 23.4 Å². The molecule has 3 rings (SSSR count). The molecule has 0 unspecified atom stereocenters. The van der Waals surface area contributed by atoms with Gasteiger partial charge < -0.3 is 20.6 Å². The van der Waals surface area contributed by atoms with Crippen LogP contribution in [0.15, 0.2) is 29.2 Å². The van der Waals surface area contributed by atoms with Crippen LogP contribution in [0.3, 0.4) is 0 Å². The summed E-state index contributed by atoms with van der Waals surface area (Å²) in [5, 5.41) is 10.9. The number of rotatable bonds is 7. The molecule has 2 aliphatic carbocycles. The van der Waals surface area contributed by atoms with Crippen molar-refractivity contribution in [1.82, 2.24) is 4.90 Å². The van der Waals surface area contributed by atoms with Gasteiger partial charge in [0.1, 0.15) is 6.23 Å². The number of likely N-dealkylation sites (N-methyl/N-ethyl adjacent to an activating group) is 1. The molecule has 1 aromatic rings. The van der Waals surface area contributed by atoms with Gasteiger partial charge >= 0.3 is 0 Å². The van der Waals surface area contributed by atoms with Gasteiger partial charge in [-0.25, -0.2) is 0 Å². The molecular formula is C22H35N3O2S. The molecule has 3 N–H and O–H groups in total. The molecule has 0 saturated heterocycles. The van der Waals surface area contributed by atoms with Crippen molar-refractivity contribution in [2.45, 2.75) is 68.2 Å². The predicted molar refractivity (Wildman–Crippen MR) is 116 cm³/mol. The Morgan fingerprint density at radius 3 is 2.14 bits per heavy atom. The fourth-order valence-electron chi connectivity index (χ4n) is 4.48. The van der Waals surface area contributed by atoms with Crippen LogP contribution in [-0.4, -0.2) is 54.6 Å². The lowest BCUT2D eigenvalue weighted by molar-refractivity contribution is -0.136. The maximum absolute atomic E-state index is 12.7. The molecule has 5 nitrogen and oxygen atoms in total. The molecule has 2 atom stereocenters. The highest BCUT2D eigenvalue weighted by Gasteiger charge is 2.36. The van der Waals surface area contributed by atoms with Gasteiger partial charge in [0.05, 0.1) is 6.04 Å². The largest absolute Gasteiger partial charge is 0.373 e. The number of nitrogens with two attached hydrogens (primary N) is 1. The van der Waals surface area contributed by atoms with Crippen molar-refractivity contribution in [2.75, 3.05) is 25.3 Å². The monoisotopic (exact) mass is 405 g/mol. The van der Waals surface area contributed by atoms with Gasteiger partial charge in [0.25, 0.3) is 0 Å². The Balaban J connectivity index is 1.51. The molecule has 0 bridgehead atoms. The van der Waals surface area contributed by atoms with E-state index in [2.05, 4.69) is 30.5 Å². The van der Waals surface area contributed by atoms with Gasteiger partial charge in [-0.05, 0) is 81.4 Å². The van der Waals surface area contributed by atoms with Gasteiger partial charge in [-0.1, -0.05) is 0 Å². The van der Waals surface area contributed by atoms with Gasteiger partial charge in [-0.3, -0.25) is 4.79 Å². The topological polar surface area (TPSA) is 69.8 Å². The summed E-state index contributed by atoms with van der Waals surface area (Å²) in [5.74, 6) is 0.539. The molecule has 0 aliphatic heterocycles. The van der Waals surface area contributed by atoms with E-state index in [0.29, 0.717) is 6.04 Å².